The number of carbonyl (C=O) groups is 1. The molecule has 0 aliphatic heterocycles. The van der Waals surface area contributed by atoms with Gasteiger partial charge < -0.3 is 4.74 Å². The molecule has 0 heterocycles. The van der Waals surface area contributed by atoms with Gasteiger partial charge in [0, 0.05) is 17.9 Å². The van der Waals surface area contributed by atoms with Crippen LogP contribution < -0.4 is 0 Å². The summed E-state index contributed by atoms with van der Waals surface area (Å²) in [5.41, 5.74) is 2.04. The Morgan fingerprint density at radius 3 is 2.45 bits per heavy atom. The molecule has 2 nitrogen and oxygen atoms in total. The third-order valence-corrected chi connectivity index (χ3v) is 4.38. The zero-order valence-corrected chi connectivity index (χ0v) is 12.9. The number of methoxy groups -OCH3 is 1. The van der Waals surface area contributed by atoms with Crippen molar-refractivity contribution in [1.29, 1.82) is 0 Å². The lowest BCUT2D eigenvalue weighted by atomic mass is 9.68. The first-order valence-corrected chi connectivity index (χ1v) is 7.34. The normalized spacial score (nSPS) is 21.2. The summed E-state index contributed by atoms with van der Waals surface area (Å²) in [5.74, 6) is 1.29. The van der Waals surface area contributed by atoms with Crippen molar-refractivity contribution < 1.29 is 9.53 Å². The second kappa shape index (κ2) is 5.82. The second-order valence-electron chi connectivity index (χ2n) is 6.24. The molecule has 0 amide bonds. The van der Waals surface area contributed by atoms with E-state index in [1.54, 1.807) is 7.11 Å². The van der Waals surface area contributed by atoms with Gasteiger partial charge in [-0.15, -0.1) is 0 Å². The molecular formula is C18H24O2. The van der Waals surface area contributed by atoms with E-state index in [0.717, 1.165) is 30.6 Å². The van der Waals surface area contributed by atoms with Gasteiger partial charge in [0.25, 0.3) is 0 Å². The van der Waals surface area contributed by atoms with E-state index in [0.29, 0.717) is 0 Å². The predicted molar refractivity (Wildman–Crippen MR) is 81.7 cm³/mol. The van der Waals surface area contributed by atoms with Crippen molar-refractivity contribution in [2.45, 2.75) is 40.0 Å². The maximum atomic E-state index is 12.7. The first-order chi connectivity index (χ1) is 9.47. The Morgan fingerprint density at radius 1 is 1.30 bits per heavy atom. The lowest BCUT2D eigenvalue weighted by Crippen LogP contribution is -2.34. The predicted octanol–water partition coefficient (Wildman–Crippen LogP) is 4.40. The van der Waals surface area contributed by atoms with Crippen LogP contribution in [0.2, 0.25) is 0 Å². The molecule has 1 atom stereocenters. The number of ether oxygens (including phenoxy) is 1. The van der Waals surface area contributed by atoms with Crippen LogP contribution in [0, 0.1) is 11.3 Å². The molecule has 1 aromatic rings. The van der Waals surface area contributed by atoms with Gasteiger partial charge in [0.2, 0.25) is 0 Å². The number of carbonyl (C=O) groups excluding carboxylic acids is 1. The maximum Gasteiger partial charge on any atom is 0.166 e. The van der Waals surface area contributed by atoms with Gasteiger partial charge in [-0.3, -0.25) is 4.79 Å². The Bertz CT molecular complexity index is 509. The summed E-state index contributed by atoms with van der Waals surface area (Å²) in [6.45, 7) is 6.43. The minimum absolute atomic E-state index is 0.0360. The molecule has 1 aliphatic carbocycles. The SMILES string of the molecule is CCc1ccc(C(=O)C2CC=C(OC)CC2(C)C)cc1. The number of Topliss-reactive ketones (excluding diaryl/α,β-unsaturated/α-hetero) is 1. The van der Waals surface area contributed by atoms with Gasteiger partial charge in [-0.25, -0.2) is 0 Å². The van der Waals surface area contributed by atoms with E-state index in [9.17, 15) is 4.79 Å². The molecule has 0 aromatic heterocycles. The summed E-state index contributed by atoms with van der Waals surface area (Å²) in [5, 5.41) is 0. The molecule has 20 heavy (non-hydrogen) atoms. The standard InChI is InChI=1S/C18H24O2/c1-5-13-6-8-14(9-7-13)17(19)16-11-10-15(20-4)12-18(16,2)3/h6-10,16H,5,11-12H2,1-4H3. The minimum atomic E-state index is -0.0550. The lowest BCUT2D eigenvalue weighted by Gasteiger charge is -2.36. The topological polar surface area (TPSA) is 26.3 Å². The van der Waals surface area contributed by atoms with Gasteiger partial charge in [-0.1, -0.05) is 45.0 Å². The van der Waals surface area contributed by atoms with Crippen molar-refractivity contribution in [3.63, 3.8) is 0 Å². The molecule has 1 aromatic carbocycles. The molecular weight excluding hydrogens is 248 g/mol. The second-order valence-corrected chi connectivity index (χ2v) is 6.24. The molecule has 0 fully saturated rings. The number of allylic oxidation sites excluding steroid dienone is 2. The average molecular weight is 272 g/mol. The summed E-state index contributed by atoms with van der Waals surface area (Å²) >= 11 is 0. The molecule has 2 heteroatoms. The van der Waals surface area contributed by atoms with E-state index >= 15 is 0 Å². The third kappa shape index (κ3) is 2.95. The van der Waals surface area contributed by atoms with E-state index in [4.69, 9.17) is 4.74 Å². The van der Waals surface area contributed by atoms with Crippen molar-refractivity contribution in [2.75, 3.05) is 7.11 Å². The quantitative estimate of drug-likeness (QED) is 0.759. The Balaban J connectivity index is 2.21. The third-order valence-electron chi connectivity index (χ3n) is 4.38. The van der Waals surface area contributed by atoms with Gasteiger partial charge in [0.05, 0.1) is 12.9 Å². The van der Waals surface area contributed by atoms with Crippen molar-refractivity contribution in [1.82, 2.24) is 0 Å². The fraction of sp³-hybridized carbons (Fsp3) is 0.500. The Morgan fingerprint density at radius 2 is 1.95 bits per heavy atom. The minimum Gasteiger partial charge on any atom is -0.501 e. The monoisotopic (exact) mass is 272 g/mol. The summed E-state index contributed by atoms with van der Waals surface area (Å²) in [6, 6.07) is 8.04. The molecule has 0 bridgehead atoms. The zero-order chi connectivity index (χ0) is 14.8. The smallest absolute Gasteiger partial charge is 0.166 e. The Labute approximate surface area is 121 Å². The van der Waals surface area contributed by atoms with Crippen LogP contribution >= 0.6 is 0 Å². The van der Waals surface area contributed by atoms with Crippen LogP contribution in [0.15, 0.2) is 36.1 Å². The molecule has 2 rings (SSSR count). The highest BCUT2D eigenvalue weighted by molar-refractivity contribution is 5.98. The summed E-state index contributed by atoms with van der Waals surface area (Å²) in [7, 11) is 1.70. The molecule has 1 unspecified atom stereocenters. The average Bonchev–Trinajstić information content (AvgIpc) is 2.45. The number of aryl methyl sites for hydroxylation is 1. The molecule has 0 radical (unpaired) electrons. The van der Waals surface area contributed by atoms with Crippen molar-refractivity contribution in [2.24, 2.45) is 11.3 Å². The highest BCUT2D eigenvalue weighted by Gasteiger charge is 2.38. The Hall–Kier alpha value is -1.57. The van der Waals surface area contributed by atoms with E-state index in [-0.39, 0.29) is 17.1 Å². The van der Waals surface area contributed by atoms with Crippen molar-refractivity contribution >= 4 is 5.78 Å². The van der Waals surface area contributed by atoms with Gasteiger partial charge in [-0.2, -0.15) is 0 Å². The highest BCUT2D eigenvalue weighted by Crippen LogP contribution is 2.42. The van der Waals surface area contributed by atoms with Crippen LogP contribution in [-0.2, 0) is 11.2 Å². The van der Waals surface area contributed by atoms with E-state index in [1.807, 2.05) is 12.1 Å². The highest BCUT2D eigenvalue weighted by atomic mass is 16.5. The zero-order valence-electron chi connectivity index (χ0n) is 12.9. The van der Waals surface area contributed by atoms with Crippen LogP contribution in [0.3, 0.4) is 0 Å². The van der Waals surface area contributed by atoms with Crippen LogP contribution in [0.25, 0.3) is 0 Å². The van der Waals surface area contributed by atoms with Crippen LogP contribution in [0.4, 0.5) is 0 Å². The number of benzene rings is 1. The number of ketones is 1. The van der Waals surface area contributed by atoms with Gasteiger partial charge in [0.15, 0.2) is 5.78 Å². The van der Waals surface area contributed by atoms with Gasteiger partial charge in [-0.05, 0) is 29.9 Å². The number of hydrogen-bond acceptors (Lipinski definition) is 2. The molecule has 0 saturated heterocycles. The van der Waals surface area contributed by atoms with Gasteiger partial charge in [0.1, 0.15) is 0 Å². The fourth-order valence-electron chi connectivity index (χ4n) is 2.94. The first-order valence-electron chi connectivity index (χ1n) is 7.34. The summed E-state index contributed by atoms with van der Waals surface area (Å²) in [6.07, 6.45) is 4.66. The van der Waals surface area contributed by atoms with E-state index in [1.165, 1.54) is 5.56 Å². The largest absolute Gasteiger partial charge is 0.501 e. The summed E-state index contributed by atoms with van der Waals surface area (Å²) in [4.78, 5) is 12.7. The molecule has 0 saturated carbocycles. The molecule has 1 aliphatic rings. The Kier molecular flexibility index (Phi) is 4.32. The van der Waals surface area contributed by atoms with Crippen molar-refractivity contribution in [3.8, 4) is 0 Å². The van der Waals surface area contributed by atoms with E-state index < -0.39 is 0 Å². The molecule has 0 spiro atoms. The molecule has 108 valence electrons. The van der Waals surface area contributed by atoms with Crippen LogP contribution in [0.5, 0.6) is 0 Å². The fourth-order valence-corrected chi connectivity index (χ4v) is 2.94. The van der Waals surface area contributed by atoms with Crippen molar-refractivity contribution in [3.05, 3.63) is 47.2 Å². The first kappa shape index (κ1) is 14.8. The van der Waals surface area contributed by atoms with E-state index in [2.05, 4.69) is 39.0 Å². The summed E-state index contributed by atoms with van der Waals surface area (Å²) < 4.78 is 5.34. The van der Waals surface area contributed by atoms with Gasteiger partial charge >= 0.3 is 0 Å². The lowest BCUT2D eigenvalue weighted by molar-refractivity contribution is 0.0742. The maximum absolute atomic E-state index is 12.7. The number of hydrogen-bond donors (Lipinski definition) is 0. The van der Waals surface area contributed by atoms with Crippen LogP contribution in [-0.4, -0.2) is 12.9 Å². The van der Waals surface area contributed by atoms with Crippen LogP contribution in [0.1, 0.15) is 49.5 Å². The molecule has 0 N–H and O–H groups in total. The number of rotatable bonds is 4.